The number of aryl methyl sites for hydroxylation is 2. The number of carbonyl (C=O) groups is 2. The van der Waals surface area contributed by atoms with Crippen LogP contribution in [0.25, 0.3) is 0 Å². The van der Waals surface area contributed by atoms with Crippen molar-refractivity contribution >= 4 is 12.1 Å². The van der Waals surface area contributed by atoms with Crippen molar-refractivity contribution in [1.29, 1.82) is 0 Å². The van der Waals surface area contributed by atoms with Gasteiger partial charge in [-0.1, -0.05) is 6.07 Å². The number of aliphatic carboxylic acids is 1. The first-order valence-electron chi connectivity index (χ1n) is 8.07. The summed E-state index contributed by atoms with van der Waals surface area (Å²) in [6.45, 7) is 6.92. The molecule has 0 fully saturated rings. The van der Waals surface area contributed by atoms with Crippen molar-refractivity contribution < 1.29 is 23.8 Å². The summed E-state index contributed by atoms with van der Waals surface area (Å²) in [5.41, 5.74) is 1.69. The number of amides is 1. The number of fused-ring (bicyclic) bond motifs is 1. The largest absolute Gasteiger partial charge is 0.481 e. The van der Waals surface area contributed by atoms with Crippen LogP contribution in [-0.4, -0.2) is 28.8 Å². The van der Waals surface area contributed by atoms with E-state index in [-0.39, 0.29) is 18.2 Å². The van der Waals surface area contributed by atoms with E-state index in [0.717, 1.165) is 17.5 Å². The van der Waals surface area contributed by atoms with Crippen LogP contribution in [0.1, 0.15) is 56.2 Å². The van der Waals surface area contributed by atoms with Crippen molar-refractivity contribution in [2.24, 2.45) is 0 Å². The Labute approximate surface area is 141 Å². The molecule has 0 aliphatic heterocycles. The van der Waals surface area contributed by atoms with E-state index in [0.29, 0.717) is 12.0 Å². The van der Waals surface area contributed by atoms with Crippen LogP contribution in [0.3, 0.4) is 0 Å². The molecule has 0 saturated carbocycles. The van der Waals surface area contributed by atoms with Gasteiger partial charge in [-0.15, -0.1) is 0 Å². The Morgan fingerprint density at radius 2 is 2.08 bits per heavy atom. The molecule has 0 bridgehead atoms. The van der Waals surface area contributed by atoms with Crippen LogP contribution < -0.4 is 5.32 Å². The maximum absolute atomic E-state index is 13.9. The number of hydrogen-bond donors (Lipinski definition) is 2. The lowest BCUT2D eigenvalue weighted by molar-refractivity contribution is -0.137. The molecular weight excluding hydrogens is 313 g/mol. The van der Waals surface area contributed by atoms with Gasteiger partial charge in [0.25, 0.3) is 0 Å². The molecule has 6 heteroatoms. The predicted molar refractivity (Wildman–Crippen MR) is 87.6 cm³/mol. The summed E-state index contributed by atoms with van der Waals surface area (Å²) in [4.78, 5) is 23.2. The van der Waals surface area contributed by atoms with Crippen LogP contribution >= 0.6 is 0 Å². The SMILES string of the molecule is Cc1cc2c(cc1F)C(C(CC(=O)O)NC(=O)OC(C)(C)C)CC2. The number of halogens is 1. The Morgan fingerprint density at radius 1 is 1.42 bits per heavy atom. The van der Waals surface area contributed by atoms with Crippen LogP contribution in [0, 0.1) is 12.7 Å². The van der Waals surface area contributed by atoms with Crippen LogP contribution in [0.15, 0.2) is 12.1 Å². The van der Waals surface area contributed by atoms with Gasteiger partial charge in [-0.25, -0.2) is 9.18 Å². The number of carboxylic acid groups (broad SMARTS) is 1. The minimum absolute atomic E-state index is 0.237. The molecule has 24 heavy (non-hydrogen) atoms. The summed E-state index contributed by atoms with van der Waals surface area (Å²) >= 11 is 0. The number of alkyl carbamates (subject to hydrolysis) is 1. The number of carbonyl (C=O) groups excluding carboxylic acids is 1. The minimum Gasteiger partial charge on any atom is -0.481 e. The van der Waals surface area contributed by atoms with Crippen molar-refractivity contribution in [3.8, 4) is 0 Å². The first-order valence-corrected chi connectivity index (χ1v) is 8.07. The number of benzene rings is 1. The summed E-state index contributed by atoms with van der Waals surface area (Å²) in [6, 6.07) is 2.63. The van der Waals surface area contributed by atoms with Gasteiger partial charge in [-0.05, 0) is 63.3 Å². The third kappa shape index (κ3) is 4.46. The number of nitrogens with one attached hydrogen (secondary N) is 1. The molecule has 0 spiro atoms. The van der Waals surface area contributed by atoms with E-state index in [9.17, 15) is 19.1 Å². The van der Waals surface area contributed by atoms with Crippen molar-refractivity contribution in [1.82, 2.24) is 5.32 Å². The van der Waals surface area contributed by atoms with Crippen LogP contribution in [0.5, 0.6) is 0 Å². The lowest BCUT2D eigenvalue weighted by Crippen LogP contribution is -2.43. The first-order chi connectivity index (χ1) is 11.1. The average Bonchev–Trinajstić information content (AvgIpc) is 2.78. The molecule has 2 N–H and O–H groups in total. The third-order valence-electron chi connectivity index (χ3n) is 4.13. The molecule has 2 unspecified atom stereocenters. The molecule has 1 aliphatic rings. The van der Waals surface area contributed by atoms with Crippen molar-refractivity contribution in [2.75, 3.05) is 0 Å². The second-order valence-corrected chi connectivity index (χ2v) is 7.30. The van der Waals surface area contributed by atoms with Crippen molar-refractivity contribution in [3.63, 3.8) is 0 Å². The minimum atomic E-state index is -1.02. The van der Waals surface area contributed by atoms with Gasteiger partial charge in [0.05, 0.1) is 6.42 Å². The Hall–Kier alpha value is -2.11. The molecule has 0 radical (unpaired) electrons. The van der Waals surface area contributed by atoms with Crippen LogP contribution in [0.4, 0.5) is 9.18 Å². The molecule has 132 valence electrons. The molecule has 5 nitrogen and oxygen atoms in total. The molecule has 0 aromatic heterocycles. The van der Waals surface area contributed by atoms with E-state index >= 15 is 0 Å². The average molecular weight is 337 g/mol. The number of rotatable bonds is 4. The molecule has 0 saturated heterocycles. The van der Waals surface area contributed by atoms with Crippen LogP contribution in [0.2, 0.25) is 0 Å². The standard InChI is InChI=1S/C18H24FNO4/c1-10-7-11-5-6-12(13(11)8-14(10)19)15(9-16(21)22)20-17(23)24-18(2,3)4/h7-8,12,15H,5-6,9H2,1-4H3,(H,20,23)(H,21,22). The van der Waals surface area contributed by atoms with Crippen molar-refractivity contribution in [2.45, 2.75) is 64.5 Å². The molecule has 1 aromatic carbocycles. The maximum Gasteiger partial charge on any atom is 0.407 e. The monoisotopic (exact) mass is 337 g/mol. The summed E-state index contributed by atoms with van der Waals surface area (Å²) in [7, 11) is 0. The normalized spacial score (nSPS) is 18.0. The van der Waals surface area contributed by atoms with Gasteiger partial charge in [-0.3, -0.25) is 4.79 Å². The number of carboxylic acids is 1. The molecule has 1 amide bonds. The second kappa shape index (κ2) is 6.79. The maximum atomic E-state index is 13.9. The van der Waals surface area contributed by atoms with E-state index in [1.54, 1.807) is 33.8 Å². The number of ether oxygens (including phenoxy) is 1. The molecule has 2 atom stereocenters. The zero-order valence-corrected chi connectivity index (χ0v) is 14.5. The molecule has 1 aliphatic carbocycles. The summed E-state index contributed by atoms with van der Waals surface area (Å²) in [5, 5.41) is 11.8. The molecular formula is C18H24FNO4. The third-order valence-corrected chi connectivity index (χ3v) is 4.13. The van der Waals surface area contributed by atoms with Gasteiger partial charge < -0.3 is 15.2 Å². The smallest absolute Gasteiger partial charge is 0.407 e. The Morgan fingerprint density at radius 3 is 2.67 bits per heavy atom. The summed E-state index contributed by atoms with van der Waals surface area (Å²) in [6.07, 6.45) is 0.521. The topological polar surface area (TPSA) is 75.6 Å². The van der Waals surface area contributed by atoms with E-state index < -0.39 is 23.7 Å². The van der Waals surface area contributed by atoms with Gasteiger partial charge in [0.15, 0.2) is 0 Å². The zero-order chi connectivity index (χ0) is 18.1. The Balaban J connectivity index is 2.23. The highest BCUT2D eigenvalue weighted by molar-refractivity contribution is 5.72. The van der Waals surface area contributed by atoms with Crippen molar-refractivity contribution in [3.05, 3.63) is 34.6 Å². The fraction of sp³-hybridized carbons (Fsp3) is 0.556. The Bertz CT molecular complexity index is 651. The molecule has 1 aromatic rings. The predicted octanol–water partition coefficient (Wildman–Crippen LogP) is 3.53. The molecule has 0 heterocycles. The highest BCUT2D eigenvalue weighted by Gasteiger charge is 2.34. The van der Waals surface area contributed by atoms with E-state index in [1.807, 2.05) is 0 Å². The highest BCUT2D eigenvalue weighted by Crippen LogP contribution is 2.38. The lowest BCUT2D eigenvalue weighted by Gasteiger charge is -2.27. The van der Waals surface area contributed by atoms with Gasteiger partial charge in [0.2, 0.25) is 0 Å². The van der Waals surface area contributed by atoms with Gasteiger partial charge in [-0.2, -0.15) is 0 Å². The summed E-state index contributed by atoms with van der Waals surface area (Å²) in [5.74, 6) is -1.57. The van der Waals surface area contributed by atoms with E-state index in [2.05, 4.69) is 5.32 Å². The Kier molecular flexibility index (Phi) is 5.16. The summed E-state index contributed by atoms with van der Waals surface area (Å²) < 4.78 is 19.2. The fourth-order valence-electron chi connectivity index (χ4n) is 3.14. The van der Waals surface area contributed by atoms with Gasteiger partial charge >= 0.3 is 12.1 Å². The highest BCUT2D eigenvalue weighted by atomic mass is 19.1. The zero-order valence-electron chi connectivity index (χ0n) is 14.5. The van der Waals surface area contributed by atoms with E-state index in [4.69, 9.17) is 4.74 Å². The quantitative estimate of drug-likeness (QED) is 0.881. The van der Waals surface area contributed by atoms with Gasteiger partial charge in [0.1, 0.15) is 11.4 Å². The fourth-order valence-corrected chi connectivity index (χ4v) is 3.14. The lowest BCUT2D eigenvalue weighted by atomic mass is 9.90. The van der Waals surface area contributed by atoms with Gasteiger partial charge in [0, 0.05) is 12.0 Å². The van der Waals surface area contributed by atoms with Crippen LogP contribution in [-0.2, 0) is 16.0 Å². The number of hydrogen-bond acceptors (Lipinski definition) is 3. The van der Waals surface area contributed by atoms with E-state index in [1.165, 1.54) is 6.07 Å². The molecule has 2 rings (SSSR count). The first kappa shape index (κ1) is 18.2. The second-order valence-electron chi connectivity index (χ2n) is 7.30.